The molecule has 21 heavy (non-hydrogen) atoms. The van der Waals surface area contributed by atoms with E-state index < -0.39 is 0 Å². The van der Waals surface area contributed by atoms with Gasteiger partial charge in [-0.25, -0.2) is 0 Å². The zero-order chi connectivity index (χ0) is 15.5. The zero-order valence-corrected chi connectivity index (χ0v) is 15.2. The molecule has 1 saturated heterocycles. The predicted molar refractivity (Wildman–Crippen MR) is 94.5 cm³/mol. The van der Waals surface area contributed by atoms with E-state index in [1.807, 2.05) is 0 Å². The minimum absolute atomic E-state index is 0.0637. The number of likely N-dealkylation sites (tertiary alicyclic amines) is 1. The van der Waals surface area contributed by atoms with Crippen molar-refractivity contribution in [1.82, 2.24) is 4.90 Å². The SMILES string of the molecule is CC1(C)CCCN(C(C)(CN)Cc2ccc(Br)cc2)CC1. The van der Waals surface area contributed by atoms with Crippen LogP contribution in [0.15, 0.2) is 28.7 Å². The van der Waals surface area contributed by atoms with Crippen LogP contribution in [0, 0.1) is 5.41 Å². The zero-order valence-electron chi connectivity index (χ0n) is 13.7. The molecule has 2 rings (SSSR count). The number of hydrogen-bond acceptors (Lipinski definition) is 2. The molecule has 1 unspecified atom stereocenters. The Labute approximate surface area is 138 Å². The van der Waals surface area contributed by atoms with Gasteiger partial charge in [-0.1, -0.05) is 41.9 Å². The van der Waals surface area contributed by atoms with E-state index >= 15 is 0 Å². The summed E-state index contributed by atoms with van der Waals surface area (Å²) in [5.74, 6) is 0. The lowest BCUT2D eigenvalue weighted by atomic mass is 9.85. The molecule has 1 heterocycles. The molecule has 1 fully saturated rings. The summed E-state index contributed by atoms with van der Waals surface area (Å²) in [4.78, 5) is 2.63. The molecule has 1 aliphatic rings. The lowest BCUT2D eigenvalue weighted by molar-refractivity contribution is 0.110. The second-order valence-electron chi connectivity index (χ2n) is 7.51. The van der Waals surface area contributed by atoms with E-state index in [9.17, 15) is 0 Å². The van der Waals surface area contributed by atoms with Gasteiger partial charge in [0.1, 0.15) is 0 Å². The second-order valence-corrected chi connectivity index (χ2v) is 8.42. The summed E-state index contributed by atoms with van der Waals surface area (Å²) in [5.41, 5.74) is 8.09. The Morgan fingerprint density at radius 3 is 2.48 bits per heavy atom. The molecule has 3 heteroatoms. The molecule has 1 aliphatic heterocycles. The van der Waals surface area contributed by atoms with Crippen LogP contribution in [0.1, 0.15) is 45.6 Å². The number of benzene rings is 1. The highest BCUT2D eigenvalue weighted by Gasteiger charge is 2.34. The number of halogens is 1. The lowest BCUT2D eigenvalue weighted by Gasteiger charge is -2.41. The normalized spacial score (nSPS) is 22.5. The number of hydrogen-bond donors (Lipinski definition) is 1. The van der Waals surface area contributed by atoms with Gasteiger partial charge >= 0.3 is 0 Å². The Balaban J connectivity index is 2.10. The smallest absolute Gasteiger partial charge is 0.0343 e. The Bertz CT molecular complexity index is 455. The van der Waals surface area contributed by atoms with Crippen LogP contribution >= 0.6 is 15.9 Å². The molecule has 1 aromatic rings. The number of nitrogens with two attached hydrogens (primary N) is 1. The standard InChI is InChI=1S/C18H29BrN2/c1-17(2)9-4-11-21(12-10-17)18(3,14-20)13-15-5-7-16(19)8-6-15/h5-8H,4,9-14,20H2,1-3H3. The summed E-state index contributed by atoms with van der Waals surface area (Å²) in [6, 6.07) is 8.66. The van der Waals surface area contributed by atoms with Crippen LogP contribution < -0.4 is 5.73 Å². The van der Waals surface area contributed by atoms with E-state index in [4.69, 9.17) is 5.73 Å². The first-order valence-electron chi connectivity index (χ1n) is 8.04. The molecule has 1 atom stereocenters. The topological polar surface area (TPSA) is 29.3 Å². The molecule has 1 aromatic carbocycles. The van der Waals surface area contributed by atoms with Crippen molar-refractivity contribution < 1.29 is 0 Å². The Morgan fingerprint density at radius 1 is 1.19 bits per heavy atom. The van der Waals surface area contributed by atoms with Gasteiger partial charge in [0.05, 0.1) is 0 Å². The Kier molecular flexibility index (Phi) is 5.50. The van der Waals surface area contributed by atoms with Crippen molar-refractivity contribution in [2.45, 2.75) is 52.0 Å². The fraction of sp³-hybridized carbons (Fsp3) is 0.667. The molecule has 0 bridgehead atoms. The van der Waals surface area contributed by atoms with Crippen LogP contribution in [0.25, 0.3) is 0 Å². The van der Waals surface area contributed by atoms with Crippen molar-refractivity contribution in [2.75, 3.05) is 19.6 Å². The molecule has 0 spiro atoms. The third-order valence-corrected chi connectivity index (χ3v) is 5.57. The maximum absolute atomic E-state index is 6.18. The second kappa shape index (κ2) is 6.80. The first-order chi connectivity index (χ1) is 9.85. The molecular formula is C18H29BrN2. The highest BCUT2D eigenvalue weighted by atomic mass is 79.9. The van der Waals surface area contributed by atoms with E-state index in [0.717, 1.165) is 17.4 Å². The molecule has 0 saturated carbocycles. The van der Waals surface area contributed by atoms with Crippen LogP contribution in [0.2, 0.25) is 0 Å². The molecule has 0 aromatic heterocycles. The van der Waals surface area contributed by atoms with E-state index in [-0.39, 0.29) is 5.54 Å². The van der Waals surface area contributed by atoms with Gasteiger partial charge in [0.25, 0.3) is 0 Å². The number of nitrogens with zero attached hydrogens (tertiary/aromatic N) is 1. The van der Waals surface area contributed by atoms with E-state index in [1.54, 1.807) is 0 Å². The van der Waals surface area contributed by atoms with Crippen LogP contribution in [0.5, 0.6) is 0 Å². The average molecular weight is 353 g/mol. The third-order valence-electron chi connectivity index (χ3n) is 5.04. The Hall–Kier alpha value is -0.380. The van der Waals surface area contributed by atoms with Gasteiger partial charge in [0.15, 0.2) is 0 Å². The first-order valence-corrected chi connectivity index (χ1v) is 8.84. The van der Waals surface area contributed by atoms with E-state index in [1.165, 1.54) is 31.4 Å². The lowest BCUT2D eigenvalue weighted by Crippen LogP contribution is -2.53. The molecular weight excluding hydrogens is 324 g/mol. The van der Waals surface area contributed by atoms with Crippen LogP contribution in [0.3, 0.4) is 0 Å². The summed E-state index contributed by atoms with van der Waals surface area (Å²) in [5, 5.41) is 0. The van der Waals surface area contributed by atoms with Gasteiger partial charge in [0.2, 0.25) is 0 Å². The fourth-order valence-electron chi connectivity index (χ4n) is 3.32. The van der Waals surface area contributed by atoms with Crippen molar-refractivity contribution >= 4 is 15.9 Å². The van der Waals surface area contributed by atoms with E-state index in [2.05, 4.69) is 65.9 Å². The van der Waals surface area contributed by atoms with E-state index in [0.29, 0.717) is 12.0 Å². The maximum Gasteiger partial charge on any atom is 0.0343 e. The fourth-order valence-corrected chi connectivity index (χ4v) is 3.58. The predicted octanol–water partition coefficient (Wildman–Crippen LogP) is 4.22. The van der Waals surface area contributed by atoms with Gasteiger partial charge in [-0.2, -0.15) is 0 Å². The van der Waals surface area contributed by atoms with Gasteiger partial charge in [-0.3, -0.25) is 4.90 Å². The van der Waals surface area contributed by atoms with Crippen LogP contribution in [0.4, 0.5) is 0 Å². The largest absolute Gasteiger partial charge is 0.329 e. The van der Waals surface area contributed by atoms with Crippen molar-refractivity contribution in [1.29, 1.82) is 0 Å². The molecule has 2 nitrogen and oxygen atoms in total. The molecule has 2 N–H and O–H groups in total. The highest BCUT2D eigenvalue weighted by Crippen LogP contribution is 2.33. The monoisotopic (exact) mass is 352 g/mol. The minimum atomic E-state index is 0.0637. The summed E-state index contributed by atoms with van der Waals surface area (Å²) in [7, 11) is 0. The van der Waals surface area contributed by atoms with Crippen LogP contribution in [-0.4, -0.2) is 30.1 Å². The molecule has 0 aliphatic carbocycles. The summed E-state index contributed by atoms with van der Waals surface area (Å²) in [6.07, 6.45) is 4.89. The maximum atomic E-state index is 6.18. The van der Waals surface area contributed by atoms with Gasteiger partial charge in [-0.15, -0.1) is 0 Å². The van der Waals surface area contributed by atoms with Gasteiger partial charge in [0, 0.05) is 16.6 Å². The average Bonchev–Trinajstić information content (AvgIpc) is 2.62. The molecule has 0 radical (unpaired) electrons. The van der Waals surface area contributed by atoms with Crippen molar-refractivity contribution in [3.05, 3.63) is 34.3 Å². The third kappa shape index (κ3) is 4.54. The first kappa shape index (κ1) is 17.0. The molecule has 118 valence electrons. The minimum Gasteiger partial charge on any atom is -0.329 e. The van der Waals surface area contributed by atoms with Crippen molar-refractivity contribution in [3.8, 4) is 0 Å². The van der Waals surface area contributed by atoms with Crippen molar-refractivity contribution in [2.24, 2.45) is 11.1 Å². The van der Waals surface area contributed by atoms with Gasteiger partial charge < -0.3 is 5.73 Å². The summed E-state index contributed by atoms with van der Waals surface area (Å²) in [6.45, 7) is 10.2. The van der Waals surface area contributed by atoms with Gasteiger partial charge in [-0.05, 0) is 68.8 Å². The Morgan fingerprint density at radius 2 is 1.86 bits per heavy atom. The highest BCUT2D eigenvalue weighted by molar-refractivity contribution is 9.10. The quantitative estimate of drug-likeness (QED) is 0.878. The summed E-state index contributed by atoms with van der Waals surface area (Å²) >= 11 is 3.51. The van der Waals surface area contributed by atoms with Crippen LogP contribution in [-0.2, 0) is 6.42 Å². The number of rotatable bonds is 4. The van der Waals surface area contributed by atoms with Crippen molar-refractivity contribution in [3.63, 3.8) is 0 Å². The molecule has 0 amide bonds. The summed E-state index contributed by atoms with van der Waals surface area (Å²) < 4.78 is 1.14.